The third kappa shape index (κ3) is 4.28. The Labute approximate surface area is 144 Å². The highest BCUT2D eigenvalue weighted by atomic mass is 16.4. The van der Waals surface area contributed by atoms with Crippen LogP contribution in [0.5, 0.6) is 0 Å². The van der Waals surface area contributed by atoms with Crippen LogP contribution in [0.4, 0.5) is 4.79 Å². The van der Waals surface area contributed by atoms with Crippen molar-refractivity contribution in [1.82, 2.24) is 10.2 Å². The van der Waals surface area contributed by atoms with Crippen molar-refractivity contribution in [2.45, 2.75) is 46.1 Å². The van der Waals surface area contributed by atoms with Gasteiger partial charge in [-0.1, -0.05) is 52.0 Å². The molecule has 0 bridgehead atoms. The van der Waals surface area contributed by atoms with Gasteiger partial charge in [-0.15, -0.1) is 0 Å². The van der Waals surface area contributed by atoms with E-state index >= 15 is 0 Å². The van der Waals surface area contributed by atoms with Crippen LogP contribution in [0.2, 0.25) is 0 Å². The smallest absolute Gasteiger partial charge is 0.317 e. The monoisotopic (exact) mass is 332 g/mol. The predicted molar refractivity (Wildman–Crippen MR) is 94.0 cm³/mol. The Kier molecular flexibility index (Phi) is 5.86. The zero-order valence-corrected chi connectivity index (χ0v) is 15.0. The summed E-state index contributed by atoms with van der Waals surface area (Å²) in [5.41, 5.74) is 2.35. The maximum Gasteiger partial charge on any atom is 0.317 e. The lowest BCUT2D eigenvalue weighted by molar-refractivity contribution is -0.141. The van der Waals surface area contributed by atoms with Crippen molar-refractivity contribution in [3.05, 3.63) is 35.4 Å². The summed E-state index contributed by atoms with van der Waals surface area (Å²) in [6.45, 7) is 9.25. The van der Waals surface area contributed by atoms with Crippen LogP contribution in [-0.2, 0) is 4.79 Å². The zero-order chi connectivity index (χ0) is 17.9. The molecular weight excluding hydrogens is 304 g/mol. The number of likely N-dealkylation sites (tertiary alicyclic amines) is 1. The SMILES string of the molecule is CC(C)c1ccc(C(NC(=O)N2CCC(C(=O)O)C2)C(C)C)cc1. The van der Waals surface area contributed by atoms with Gasteiger partial charge in [0, 0.05) is 13.1 Å². The van der Waals surface area contributed by atoms with Gasteiger partial charge in [0.15, 0.2) is 0 Å². The molecule has 1 heterocycles. The van der Waals surface area contributed by atoms with Crippen LogP contribution in [-0.4, -0.2) is 35.1 Å². The highest BCUT2D eigenvalue weighted by molar-refractivity contribution is 5.77. The summed E-state index contributed by atoms with van der Waals surface area (Å²) >= 11 is 0. The fourth-order valence-corrected chi connectivity index (χ4v) is 3.09. The van der Waals surface area contributed by atoms with Crippen LogP contribution in [0.15, 0.2) is 24.3 Å². The number of carbonyl (C=O) groups excluding carboxylic acids is 1. The average Bonchev–Trinajstić information content (AvgIpc) is 3.02. The molecule has 1 aromatic rings. The van der Waals surface area contributed by atoms with Gasteiger partial charge in [-0.05, 0) is 29.4 Å². The largest absolute Gasteiger partial charge is 0.481 e. The van der Waals surface area contributed by atoms with Crippen molar-refractivity contribution in [1.29, 1.82) is 0 Å². The molecule has 5 heteroatoms. The zero-order valence-electron chi connectivity index (χ0n) is 15.0. The molecule has 5 nitrogen and oxygen atoms in total. The van der Waals surface area contributed by atoms with Gasteiger partial charge in [0.1, 0.15) is 0 Å². The quantitative estimate of drug-likeness (QED) is 0.865. The Morgan fingerprint density at radius 3 is 2.17 bits per heavy atom. The summed E-state index contributed by atoms with van der Waals surface area (Å²) in [5, 5.41) is 12.2. The van der Waals surface area contributed by atoms with Crippen LogP contribution in [0.1, 0.15) is 57.2 Å². The maximum absolute atomic E-state index is 12.5. The molecule has 1 aliphatic heterocycles. The van der Waals surface area contributed by atoms with E-state index in [4.69, 9.17) is 5.11 Å². The number of benzene rings is 1. The number of carboxylic acids is 1. The van der Waals surface area contributed by atoms with Crippen molar-refractivity contribution >= 4 is 12.0 Å². The Hall–Kier alpha value is -2.04. The highest BCUT2D eigenvalue weighted by Gasteiger charge is 2.32. The summed E-state index contributed by atoms with van der Waals surface area (Å²) in [7, 11) is 0. The molecule has 0 saturated carbocycles. The van der Waals surface area contributed by atoms with Crippen LogP contribution in [0, 0.1) is 11.8 Å². The lowest BCUT2D eigenvalue weighted by Crippen LogP contribution is -2.42. The lowest BCUT2D eigenvalue weighted by Gasteiger charge is -2.26. The Morgan fingerprint density at radius 1 is 1.12 bits per heavy atom. The maximum atomic E-state index is 12.5. The van der Waals surface area contributed by atoms with E-state index in [0.29, 0.717) is 18.9 Å². The first-order valence-electron chi connectivity index (χ1n) is 8.67. The first-order valence-corrected chi connectivity index (χ1v) is 8.67. The predicted octanol–water partition coefficient (Wildman–Crippen LogP) is 3.62. The van der Waals surface area contributed by atoms with Gasteiger partial charge in [0.25, 0.3) is 0 Å². The molecule has 24 heavy (non-hydrogen) atoms. The minimum atomic E-state index is -0.824. The molecule has 0 radical (unpaired) electrons. The Balaban J connectivity index is 2.06. The van der Waals surface area contributed by atoms with Gasteiger partial charge >= 0.3 is 12.0 Å². The number of hydrogen-bond acceptors (Lipinski definition) is 2. The molecule has 1 aliphatic rings. The molecule has 1 saturated heterocycles. The number of hydrogen-bond donors (Lipinski definition) is 2. The second kappa shape index (κ2) is 7.69. The molecule has 1 aromatic carbocycles. The normalized spacial score (nSPS) is 18.9. The Morgan fingerprint density at radius 2 is 1.71 bits per heavy atom. The second-order valence-corrected chi connectivity index (χ2v) is 7.26. The molecule has 1 fully saturated rings. The van der Waals surface area contributed by atoms with Gasteiger partial charge < -0.3 is 15.3 Å². The van der Waals surface area contributed by atoms with Gasteiger partial charge in [0.05, 0.1) is 12.0 Å². The minimum absolute atomic E-state index is 0.0809. The van der Waals surface area contributed by atoms with E-state index in [-0.39, 0.29) is 24.5 Å². The van der Waals surface area contributed by atoms with E-state index in [9.17, 15) is 9.59 Å². The number of urea groups is 1. The van der Waals surface area contributed by atoms with Crippen molar-refractivity contribution in [3.63, 3.8) is 0 Å². The summed E-state index contributed by atoms with van der Waals surface area (Å²) in [4.78, 5) is 25.2. The van der Waals surface area contributed by atoms with Crippen LogP contribution < -0.4 is 5.32 Å². The summed E-state index contributed by atoms with van der Waals surface area (Å²) < 4.78 is 0. The molecule has 0 spiro atoms. The number of carbonyl (C=O) groups is 2. The van der Waals surface area contributed by atoms with E-state index in [0.717, 1.165) is 5.56 Å². The van der Waals surface area contributed by atoms with Crippen LogP contribution >= 0.6 is 0 Å². The first kappa shape index (κ1) is 18.3. The van der Waals surface area contributed by atoms with E-state index in [2.05, 4.69) is 57.3 Å². The third-order valence-corrected chi connectivity index (χ3v) is 4.73. The fourth-order valence-electron chi connectivity index (χ4n) is 3.09. The van der Waals surface area contributed by atoms with E-state index in [1.807, 2.05) is 0 Å². The second-order valence-electron chi connectivity index (χ2n) is 7.26. The number of nitrogens with one attached hydrogen (secondary N) is 1. The minimum Gasteiger partial charge on any atom is -0.481 e. The molecule has 2 rings (SSSR count). The van der Waals surface area contributed by atoms with Gasteiger partial charge in [-0.3, -0.25) is 4.79 Å². The number of aliphatic carboxylic acids is 1. The summed E-state index contributed by atoms with van der Waals surface area (Å²) in [6.07, 6.45) is 0.526. The molecule has 0 aliphatic carbocycles. The van der Waals surface area contributed by atoms with Crippen molar-refractivity contribution in [2.24, 2.45) is 11.8 Å². The Bertz CT molecular complexity index is 581. The van der Waals surface area contributed by atoms with Crippen LogP contribution in [0.25, 0.3) is 0 Å². The van der Waals surface area contributed by atoms with Crippen molar-refractivity contribution in [3.8, 4) is 0 Å². The molecule has 2 atom stereocenters. The molecule has 2 amide bonds. The van der Waals surface area contributed by atoms with Crippen LogP contribution in [0.3, 0.4) is 0 Å². The number of carboxylic acid groups (broad SMARTS) is 1. The number of nitrogens with zero attached hydrogens (tertiary/aromatic N) is 1. The van der Waals surface area contributed by atoms with Gasteiger partial charge in [0.2, 0.25) is 0 Å². The van der Waals surface area contributed by atoms with Crippen molar-refractivity contribution in [2.75, 3.05) is 13.1 Å². The molecular formula is C19H28N2O3. The molecule has 2 unspecified atom stereocenters. The van der Waals surface area contributed by atoms with E-state index in [1.54, 1.807) is 4.90 Å². The number of rotatable bonds is 5. The molecule has 0 aromatic heterocycles. The first-order chi connectivity index (χ1) is 11.3. The molecule has 132 valence electrons. The fraction of sp³-hybridized carbons (Fsp3) is 0.579. The standard InChI is InChI=1S/C19H28N2O3/c1-12(2)14-5-7-15(8-6-14)17(13(3)4)20-19(24)21-10-9-16(11-21)18(22)23/h5-8,12-13,16-17H,9-11H2,1-4H3,(H,20,24)(H,22,23). The number of amides is 2. The van der Waals surface area contributed by atoms with Gasteiger partial charge in [-0.2, -0.15) is 0 Å². The summed E-state index contributed by atoms with van der Waals surface area (Å²) in [6, 6.07) is 8.11. The summed E-state index contributed by atoms with van der Waals surface area (Å²) in [5.74, 6) is -0.547. The highest BCUT2D eigenvalue weighted by Crippen LogP contribution is 2.25. The average molecular weight is 332 g/mol. The van der Waals surface area contributed by atoms with E-state index in [1.165, 1.54) is 5.56 Å². The molecule has 2 N–H and O–H groups in total. The topological polar surface area (TPSA) is 69.6 Å². The van der Waals surface area contributed by atoms with E-state index < -0.39 is 11.9 Å². The lowest BCUT2D eigenvalue weighted by atomic mass is 9.93. The third-order valence-electron chi connectivity index (χ3n) is 4.73. The van der Waals surface area contributed by atoms with Gasteiger partial charge in [-0.25, -0.2) is 4.79 Å². The van der Waals surface area contributed by atoms with Crippen molar-refractivity contribution < 1.29 is 14.7 Å².